The van der Waals surface area contributed by atoms with Gasteiger partial charge in [-0.15, -0.1) is 0 Å². The summed E-state index contributed by atoms with van der Waals surface area (Å²) in [6, 6.07) is 10.7. The van der Waals surface area contributed by atoms with Gasteiger partial charge in [0.15, 0.2) is 17.7 Å². The molecule has 0 spiro atoms. The Balaban J connectivity index is 1.89. The third kappa shape index (κ3) is 5.01. The molecular formula is C24H21F4NO3. The van der Waals surface area contributed by atoms with Gasteiger partial charge in [0.25, 0.3) is 0 Å². The first-order valence-electron chi connectivity index (χ1n) is 9.87. The van der Waals surface area contributed by atoms with Crippen molar-refractivity contribution in [2.24, 2.45) is 0 Å². The highest BCUT2D eigenvalue weighted by molar-refractivity contribution is 5.72. The fourth-order valence-corrected chi connectivity index (χ4v) is 3.24. The van der Waals surface area contributed by atoms with E-state index < -0.39 is 46.8 Å². The zero-order valence-corrected chi connectivity index (χ0v) is 17.4. The van der Waals surface area contributed by atoms with Crippen molar-refractivity contribution in [3.8, 4) is 16.9 Å². The minimum atomic E-state index is -1.30. The number of rotatable bonds is 8. The van der Waals surface area contributed by atoms with Crippen LogP contribution in [0.3, 0.4) is 0 Å². The maximum Gasteiger partial charge on any atom is 0.344 e. The monoisotopic (exact) mass is 447 g/mol. The van der Waals surface area contributed by atoms with Crippen LogP contribution in [-0.2, 0) is 11.3 Å². The van der Waals surface area contributed by atoms with Gasteiger partial charge in [0, 0.05) is 12.1 Å². The highest BCUT2D eigenvalue weighted by atomic mass is 19.1. The van der Waals surface area contributed by atoms with E-state index in [-0.39, 0.29) is 24.1 Å². The summed E-state index contributed by atoms with van der Waals surface area (Å²) in [5.41, 5.74) is 0.906. The van der Waals surface area contributed by atoms with Gasteiger partial charge >= 0.3 is 5.97 Å². The zero-order chi connectivity index (χ0) is 23.4. The second-order valence-electron chi connectivity index (χ2n) is 7.22. The summed E-state index contributed by atoms with van der Waals surface area (Å²) in [5.74, 6) is -4.80. The molecule has 2 N–H and O–H groups in total. The first kappa shape index (κ1) is 23.1. The second kappa shape index (κ2) is 9.72. The molecule has 0 fully saturated rings. The maximum absolute atomic E-state index is 14.8. The topological polar surface area (TPSA) is 58.6 Å². The molecule has 3 aromatic carbocycles. The molecule has 1 atom stereocenters. The average molecular weight is 447 g/mol. The molecule has 32 heavy (non-hydrogen) atoms. The van der Waals surface area contributed by atoms with E-state index in [4.69, 9.17) is 9.84 Å². The molecule has 0 aliphatic heterocycles. The van der Waals surface area contributed by atoms with Gasteiger partial charge in [-0.25, -0.2) is 22.4 Å². The fourth-order valence-electron chi connectivity index (χ4n) is 3.24. The predicted molar refractivity (Wildman–Crippen MR) is 113 cm³/mol. The average Bonchev–Trinajstić information content (AvgIpc) is 2.75. The molecule has 4 nitrogen and oxygen atoms in total. The van der Waals surface area contributed by atoms with E-state index in [0.717, 1.165) is 12.1 Å². The van der Waals surface area contributed by atoms with Crippen molar-refractivity contribution in [3.05, 3.63) is 82.9 Å². The minimum absolute atomic E-state index is 0.0757. The molecule has 1 unspecified atom stereocenters. The standard InChI is InChI=1S/C24H21F4NO3/c1-3-19(24(30)31)32-20-8-7-18(26)23(22(20)28)29-12-16-10-15(9-13(2)21(16)27)14-5-4-6-17(25)11-14/h4-11,19,29H,3,12H2,1-2H3,(H,30,31). The van der Waals surface area contributed by atoms with E-state index >= 15 is 0 Å². The van der Waals surface area contributed by atoms with Gasteiger partial charge in [-0.05, 0) is 66.4 Å². The van der Waals surface area contributed by atoms with Gasteiger partial charge in [-0.3, -0.25) is 0 Å². The number of carboxylic acid groups (broad SMARTS) is 1. The highest BCUT2D eigenvalue weighted by Gasteiger charge is 2.22. The molecule has 0 saturated heterocycles. The second-order valence-corrected chi connectivity index (χ2v) is 7.22. The van der Waals surface area contributed by atoms with E-state index in [1.165, 1.54) is 31.2 Å². The summed E-state index contributed by atoms with van der Waals surface area (Å²) in [7, 11) is 0. The van der Waals surface area contributed by atoms with Crippen LogP contribution in [0, 0.1) is 30.2 Å². The maximum atomic E-state index is 14.8. The van der Waals surface area contributed by atoms with Crippen LogP contribution in [0.1, 0.15) is 24.5 Å². The van der Waals surface area contributed by atoms with E-state index in [1.54, 1.807) is 19.1 Å². The summed E-state index contributed by atoms with van der Waals surface area (Å²) in [6.07, 6.45) is -1.22. The summed E-state index contributed by atoms with van der Waals surface area (Å²) in [6.45, 7) is 2.81. The molecule has 3 aromatic rings. The number of hydrogen-bond donors (Lipinski definition) is 2. The molecule has 3 rings (SSSR count). The predicted octanol–water partition coefficient (Wildman–Crippen LogP) is 6.07. The van der Waals surface area contributed by atoms with Gasteiger partial charge in [-0.2, -0.15) is 0 Å². The summed E-state index contributed by atoms with van der Waals surface area (Å²) >= 11 is 0. The Hall–Kier alpha value is -3.55. The van der Waals surface area contributed by atoms with Crippen LogP contribution < -0.4 is 10.1 Å². The number of halogens is 4. The largest absolute Gasteiger partial charge is 0.479 e. The number of carbonyl (C=O) groups is 1. The number of benzene rings is 3. The zero-order valence-electron chi connectivity index (χ0n) is 17.4. The molecule has 0 radical (unpaired) electrons. The Morgan fingerprint density at radius 2 is 1.78 bits per heavy atom. The number of aryl methyl sites for hydroxylation is 1. The summed E-state index contributed by atoms with van der Waals surface area (Å²) < 4.78 is 62.5. The van der Waals surface area contributed by atoms with E-state index in [9.17, 15) is 22.4 Å². The Bertz CT molecular complexity index is 1150. The number of aliphatic carboxylic acids is 1. The van der Waals surface area contributed by atoms with Gasteiger partial charge in [0.2, 0.25) is 0 Å². The van der Waals surface area contributed by atoms with Crippen LogP contribution in [-0.4, -0.2) is 17.2 Å². The van der Waals surface area contributed by atoms with Crippen LogP contribution in [0.15, 0.2) is 48.5 Å². The molecule has 8 heteroatoms. The highest BCUT2D eigenvalue weighted by Crippen LogP contribution is 2.30. The lowest BCUT2D eigenvalue weighted by Gasteiger charge is -2.17. The fraction of sp³-hybridized carbons (Fsp3) is 0.208. The Kier molecular flexibility index (Phi) is 7.02. The molecular weight excluding hydrogens is 426 g/mol. The lowest BCUT2D eigenvalue weighted by atomic mass is 9.99. The van der Waals surface area contributed by atoms with Crippen molar-refractivity contribution < 1.29 is 32.2 Å². The number of carboxylic acids is 1. The third-order valence-electron chi connectivity index (χ3n) is 4.91. The molecule has 0 bridgehead atoms. The van der Waals surface area contributed by atoms with Crippen LogP contribution in [0.5, 0.6) is 5.75 Å². The SMILES string of the molecule is CCC(Oc1ccc(F)c(NCc2cc(-c3cccc(F)c3)cc(C)c2F)c1F)C(=O)O. The number of hydrogen-bond acceptors (Lipinski definition) is 3. The van der Waals surface area contributed by atoms with Crippen molar-refractivity contribution >= 4 is 11.7 Å². The lowest BCUT2D eigenvalue weighted by Crippen LogP contribution is -2.26. The van der Waals surface area contributed by atoms with Gasteiger partial charge < -0.3 is 15.2 Å². The van der Waals surface area contributed by atoms with Crippen molar-refractivity contribution in [2.45, 2.75) is 32.9 Å². The van der Waals surface area contributed by atoms with Crippen molar-refractivity contribution in [3.63, 3.8) is 0 Å². The van der Waals surface area contributed by atoms with Gasteiger partial charge in [0.1, 0.15) is 23.1 Å². The lowest BCUT2D eigenvalue weighted by molar-refractivity contribution is -0.145. The van der Waals surface area contributed by atoms with E-state index in [2.05, 4.69) is 5.32 Å². The first-order valence-corrected chi connectivity index (χ1v) is 9.87. The number of anilines is 1. The molecule has 0 amide bonds. The van der Waals surface area contributed by atoms with E-state index in [1.807, 2.05) is 0 Å². The molecule has 0 aliphatic rings. The smallest absolute Gasteiger partial charge is 0.344 e. The molecule has 0 heterocycles. The van der Waals surface area contributed by atoms with E-state index in [0.29, 0.717) is 11.1 Å². The minimum Gasteiger partial charge on any atom is -0.479 e. The van der Waals surface area contributed by atoms with Crippen molar-refractivity contribution in [1.82, 2.24) is 0 Å². The summed E-state index contributed by atoms with van der Waals surface area (Å²) in [5, 5.41) is 11.6. The Labute approximate surface area is 182 Å². The van der Waals surface area contributed by atoms with Gasteiger partial charge in [-0.1, -0.05) is 19.1 Å². The molecule has 0 aliphatic carbocycles. The quantitative estimate of drug-likeness (QED) is 0.412. The first-order chi connectivity index (χ1) is 15.2. The Morgan fingerprint density at radius 1 is 1.03 bits per heavy atom. The van der Waals surface area contributed by atoms with Gasteiger partial charge in [0.05, 0.1) is 0 Å². The molecule has 0 aromatic heterocycles. The van der Waals surface area contributed by atoms with Crippen LogP contribution >= 0.6 is 0 Å². The molecule has 0 saturated carbocycles. The third-order valence-corrected chi connectivity index (χ3v) is 4.91. The van der Waals surface area contributed by atoms with Crippen LogP contribution in [0.4, 0.5) is 23.2 Å². The number of nitrogens with one attached hydrogen (secondary N) is 1. The van der Waals surface area contributed by atoms with Crippen LogP contribution in [0.2, 0.25) is 0 Å². The summed E-state index contributed by atoms with van der Waals surface area (Å²) in [4.78, 5) is 11.1. The normalized spacial score (nSPS) is 11.8. The number of ether oxygens (including phenoxy) is 1. The Morgan fingerprint density at radius 3 is 2.44 bits per heavy atom. The van der Waals surface area contributed by atoms with Crippen molar-refractivity contribution in [1.29, 1.82) is 0 Å². The molecule has 168 valence electrons. The van der Waals surface area contributed by atoms with Crippen LogP contribution in [0.25, 0.3) is 11.1 Å². The van der Waals surface area contributed by atoms with Crippen molar-refractivity contribution in [2.75, 3.05) is 5.32 Å².